The molecule has 0 aliphatic rings. The van der Waals surface area contributed by atoms with Crippen LogP contribution in [0.15, 0.2) is 48.5 Å². The second-order valence-corrected chi connectivity index (χ2v) is 17.8. The van der Waals surface area contributed by atoms with Gasteiger partial charge in [-0.1, -0.05) is 58.4 Å². The number of unbranched alkanes of at least 4 members (excludes halogenated alkanes) is 1. The van der Waals surface area contributed by atoms with Gasteiger partial charge in [-0.3, -0.25) is 43.2 Å². The molecule has 0 unspecified atom stereocenters. The maximum atomic E-state index is 14.2. The summed E-state index contributed by atoms with van der Waals surface area (Å²) in [6.45, 7) is 9.56. The molecule has 70 heavy (non-hydrogen) atoms. The van der Waals surface area contributed by atoms with Crippen molar-refractivity contribution < 1.29 is 58.5 Å². The van der Waals surface area contributed by atoms with Crippen molar-refractivity contribution in [3.8, 4) is 11.5 Å². The fourth-order valence-electron chi connectivity index (χ4n) is 6.99. The van der Waals surface area contributed by atoms with E-state index in [0.717, 1.165) is 0 Å². The highest BCUT2D eigenvalue weighted by molar-refractivity contribution is 5.98. The fourth-order valence-corrected chi connectivity index (χ4v) is 6.99. The van der Waals surface area contributed by atoms with E-state index in [9.17, 15) is 58.5 Å². The topological polar surface area (TPSA) is 403 Å². The van der Waals surface area contributed by atoms with Gasteiger partial charge in [0.2, 0.25) is 53.2 Å². The number of aliphatic hydroxyl groups excluding tert-OH is 1. The van der Waals surface area contributed by atoms with Crippen LogP contribution in [0.4, 0.5) is 0 Å². The van der Waals surface area contributed by atoms with Gasteiger partial charge in [-0.05, 0) is 99.7 Å². The Morgan fingerprint density at radius 2 is 1.01 bits per heavy atom. The monoisotopic (exact) mass is 984 g/mol. The summed E-state index contributed by atoms with van der Waals surface area (Å²) < 4.78 is 0. The molecule has 0 aliphatic carbocycles. The molecule has 23 nitrogen and oxygen atoms in total. The number of carbonyl (C=O) groups is 9. The predicted octanol–water partition coefficient (Wildman–Crippen LogP) is -2.41. The first kappa shape index (κ1) is 59.3. The van der Waals surface area contributed by atoms with Crippen LogP contribution in [0.5, 0.6) is 11.5 Å². The van der Waals surface area contributed by atoms with Gasteiger partial charge < -0.3 is 75.5 Å². The number of hydrogen-bond acceptors (Lipinski definition) is 14. The van der Waals surface area contributed by atoms with Crippen molar-refractivity contribution in [3.05, 3.63) is 59.7 Å². The van der Waals surface area contributed by atoms with E-state index in [2.05, 4.69) is 37.2 Å². The molecule has 0 spiro atoms. The van der Waals surface area contributed by atoms with Crippen molar-refractivity contribution in [1.29, 1.82) is 0 Å². The van der Waals surface area contributed by atoms with Gasteiger partial charge in [0, 0.05) is 12.8 Å². The van der Waals surface area contributed by atoms with E-state index in [-0.39, 0.29) is 50.1 Å². The van der Waals surface area contributed by atoms with Crippen molar-refractivity contribution >= 4 is 53.2 Å². The molecule has 9 amide bonds. The molecule has 0 bridgehead atoms. The van der Waals surface area contributed by atoms with E-state index in [1.165, 1.54) is 50.2 Å². The van der Waals surface area contributed by atoms with Crippen LogP contribution in [0.25, 0.3) is 0 Å². The lowest BCUT2D eigenvalue weighted by Crippen LogP contribution is -2.62. The van der Waals surface area contributed by atoms with E-state index >= 15 is 0 Å². The second-order valence-electron chi connectivity index (χ2n) is 17.8. The maximum Gasteiger partial charge on any atom is 0.245 e. The van der Waals surface area contributed by atoms with Gasteiger partial charge >= 0.3 is 0 Å². The third-order valence-electron chi connectivity index (χ3n) is 11.5. The van der Waals surface area contributed by atoms with Crippen LogP contribution in [0.3, 0.4) is 0 Å². The third-order valence-corrected chi connectivity index (χ3v) is 11.5. The molecule has 18 N–H and O–H groups in total. The average Bonchev–Trinajstić information content (AvgIpc) is 3.30. The van der Waals surface area contributed by atoms with Crippen LogP contribution in [-0.4, -0.2) is 129 Å². The van der Waals surface area contributed by atoms with Crippen LogP contribution in [0.1, 0.15) is 91.2 Å². The summed E-state index contributed by atoms with van der Waals surface area (Å²) in [5.41, 5.74) is 23.5. The van der Waals surface area contributed by atoms with Crippen LogP contribution in [0, 0.1) is 11.8 Å². The Morgan fingerprint density at radius 3 is 1.51 bits per heavy atom. The molecule has 2 rings (SSSR count). The van der Waals surface area contributed by atoms with Crippen molar-refractivity contribution in [2.24, 2.45) is 34.8 Å². The minimum absolute atomic E-state index is 0.0139. The normalized spacial score (nSPS) is 15.5. The number of rotatable bonds is 30. The van der Waals surface area contributed by atoms with Crippen LogP contribution < -0.4 is 60.2 Å². The summed E-state index contributed by atoms with van der Waals surface area (Å²) in [6, 6.07) is 1.26. The highest BCUT2D eigenvalue weighted by Gasteiger charge is 2.36. The van der Waals surface area contributed by atoms with Crippen LogP contribution in [-0.2, 0) is 56.0 Å². The molecule has 0 aromatic heterocycles. The summed E-state index contributed by atoms with van der Waals surface area (Å²) in [4.78, 5) is 119. The Bertz CT molecular complexity index is 2090. The van der Waals surface area contributed by atoms with Gasteiger partial charge in [0.15, 0.2) is 0 Å². The van der Waals surface area contributed by atoms with Crippen molar-refractivity contribution in [2.45, 2.75) is 147 Å². The lowest BCUT2D eigenvalue weighted by atomic mass is 9.97. The quantitative estimate of drug-likeness (QED) is 0.0363. The lowest BCUT2D eigenvalue weighted by molar-refractivity contribution is -0.136. The number of hydrogen-bond donors (Lipinski definition) is 14. The number of aromatic hydroxyl groups is 2. The van der Waals surface area contributed by atoms with Gasteiger partial charge in [0.05, 0.1) is 12.1 Å². The lowest BCUT2D eigenvalue weighted by Gasteiger charge is -2.29. The Labute approximate surface area is 407 Å². The Hall–Kier alpha value is -6.85. The molecule has 0 saturated carbocycles. The number of nitrogens with two attached hydrogens (primary N) is 4. The summed E-state index contributed by atoms with van der Waals surface area (Å²) in [6.07, 6.45) is -0.792. The molecule has 0 radical (unpaired) electrons. The first-order valence-electron chi connectivity index (χ1n) is 23.3. The van der Waals surface area contributed by atoms with Crippen molar-refractivity contribution in [3.63, 3.8) is 0 Å². The Morgan fingerprint density at radius 1 is 0.543 bits per heavy atom. The number of benzene rings is 2. The van der Waals surface area contributed by atoms with E-state index in [1.54, 1.807) is 39.8 Å². The highest BCUT2D eigenvalue weighted by Crippen LogP contribution is 2.15. The number of nitrogens with one attached hydrogen (secondary N) is 7. The molecule has 2 aromatic rings. The maximum absolute atomic E-state index is 14.2. The van der Waals surface area contributed by atoms with E-state index < -0.39 is 119 Å². The van der Waals surface area contributed by atoms with Gasteiger partial charge in [0.25, 0.3) is 0 Å². The van der Waals surface area contributed by atoms with Gasteiger partial charge in [-0.25, -0.2) is 0 Å². The van der Waals surface area contributed by atoms with Crippen LogP contribution >= 0.6 is 0 Å². The van der Waals surface area contributed by atoms with Gasteiger partial charge in [-0.2, -0.15) is 0 Å². The molecule has 23 heteroatoms. The molecular formula is C47H73N11O12. The number of amides is 9. The van der Waals surface area contributed by atoms with E-state index in [1.807, 2.05) is 0 Å². The standard InChI is InChI=1S/C47H73N11O12/c1-7-25(4)38(46(69)53-33(40(51)63)19-20-36(50)62)57-41(64)26(5)52-45(68)37(24(2)3)56-44(67)35(23-29-13-17-31(61)18-14-29)55-43(66)34(10-8-9-21-48)54-47(70)39(27(6)59)58-42(65)32(49)22-28-11-15-30(60)16-12-28/h11-18,24-27,32-35,37-39,59-61H,7-10,19-23,48-49H2,1-6H3,(H2,50,62)(H2,51,63)(H,52,68)(H,53,69)(H,54,70)(H,55,66)(H,56,67)(H,57,64)(H,58,65)/t25-,26-,27+,32-,33-,34-,35-,37-,38-,39-/m0/s1. The zero-order chi connectivity index (χ0) is 52.8. The minimum Gasteiger partial charge on any atom is -0.508 e. The first-order valence-corrected chi connectivity index (χ1v) is 23.3. The summed E-state index contributed by atoms with van der Waals surface area (Å²) in [5.74, 6) is -8.51. The van der Waals surface area contributed by atoms with Crippen LogP contribution in [0.2, 0.25) is 0 Å². The molecule has 0 saturated heterocycles. The number of carbonyl (C=O) groups excluding carboxylic acids is 9. The summed E-state index contributed by atoms with van der Waals surface area (Å²) in [7, 11) is 0. The third kappa shape index (κ3) is 20.0. The number of phenolic OH excluding ortho intramolecular Hbond substituents is 2. The largest absolute Gasteiger partial charge is 0.508 e. The number of phenols is 2. The molecule has 0 fully saturated rings. The van der Waals surface area contributed by atoms with E-state index in [0.29, 0.717) is 30.4 Å². The van der Waals surface area contributed by atoms with E-state index in [4.69, 9.17) is 22.9 Å². The van der Waals surface area contributed by atoms with Gasteiger partial charge in [0.1, 0.15) is 53.8 Å². The second kappa shape index (κ2) is 29.2. The number of aliphatic hydroxyl groups is 1. The minimum atomic E-state index is -1.57. The van der Waals surface area contributed by atoms with Crippen molar-refractivity contribution in [2.75, 3.05) is 6.54 Å². The molecule has 388 valence electrons. The molecule has 10 atom stereocenters. The molecular weight excluding hydrogens is 911 g/mol. The summed E-state index contributed by atoms with van der Waals surface area (Å²) in [5, 5.41) is 48.0. The predicted molar refractivity (Wildman–Crippen MR) is 257 cm³/mol. The number of primary amides is 2. The fraction of sp³-hybridized carbons (Fsp3) is 0.553. The highest BCUT2D eigenvalue weighted by atomic mass is 16.3. The van der Waals surface area contributed by atoms with Crippen molar-refractivity contribution in [1.82, 2.24) is 37.2 Å². The molecule has 0 aliphatic heterocycles. The Kier molecular flexibility index (Phi) is 24.8. The first-order chi connectivity index (χ1) is 32.9. The molecule has 2 aromatic carbocycles. The zero-order valence-corrected chi connectivity index (χ0v) is 40.7. The Balaban J connectivity index is 2.33. The smallest absolute Gasteiger partial charge is 0.245 e. The van der Waals surface area contributed by atoms with Gasteiger partial charge in [-0.15, -0.1) is 0 Å². The zero-order valence-electron chi connectivity index (χ0n) is 40.7. The summed E-state index contributed by atoms with van der Waals surface area (Å²) >= 11 is 0. The molecule has 0 heterocycles. The SMILES string of the molecule is CC[C@H](C)[C@H](NC(=O)[C@H](C)NC(=O)[C@@H](NC(=O)[C@H](Cc1ccc(O)cc1)NC(=O)[C@H](CCCCN)NC(=O)[C@@H](NC(=O)[C@@H](N)Cc1ccc(O)cc1)[C@@H](C)O)C(C)C)C(=O)N[C@@H](CCC(N)=O)C(N)=O. The average molecular weight is 984 g/mol.